The van der Waals surface area contributed by atoms with E-state index in [1.807, 2.05) is 0 Å². The maximum atomic E-state index is 11.9. The minimum Gasteiger partial charge on any atom is -0.480 e. The fraction of sp³-hybridized carbons (Fsp3) is 0.867. The summed E-state index contributed by atoms with van der Waals surface area (Å²) in [5, 5.41) is 12.0. The summed E-state index contributed by atoms with van der Waals surface area (Å²) < 4.78 is 0. The Morgan fingerprint density at radius 3 is 2.21 bits per heavy atom. The summed E-state index contributed by atoms with van der Waals surface area (Å²) in [5.74, 6) is -0.387. The van der Waals surface area contributed by atoms with Gasteiger partial charge in [-0.1, -0.05) is 46.0 Å². The van der Waals surface area contributed by atoms with Crippen LogP contribution in [-0.4, -0.2) is 22.5 Å². The zero-order valence-corrected chi connectivity index (χ0v) is 12.2. The van der Waals surface area contributed by atoms with E-state index in [1.165, 1.54) is 32.1 Å². The van der Waals surface area contributed by atoms with Crippen molar-refractivity contribution in [3.05, 3.63) is 0 Å². The summed E-state index contributed by atoms with van der Waals surface area (Å²) in [6.07, 6.45) is 8.51. The van der Waals surface area contributed by atoms with Crippen LogP contribution >= 0.6 is 0 Å². The molecule has 1 amide bonds. The van der Waals surface area contributed by atoms with Crippen LogP contribution in [0.15, 0.2) is 0 Å². The first-order chi connectivity index (χ1) is 9.04. The first kappa shape index (κ1) is 16.0. The minimum atomic E-state index is -1.08. The van der Waals surface area contributed by atoms with Gasteiger partial charge in [-0.25, -0.2) is 4.79 Å². The molecule has 1 rings (SSSR count). The molecule has 0 atom stereocenters. The fourth-order valence-electron chi connectivity index (χ4n) is 2.92. The van der Waals surface area contributed by atoms with Gasteiger partial charge in [0.15, 0.2) is 0 Å². The molecule has 1 saturated carbocycles. The third kappa shape index (κ3) is 4.51. The second-order valence-electron chi connectivity index (χ2n) is 5.69. The van der Waals surface area contributed by atoms with Gasteiger partial charge in [0.1, 0.15) is 5.54 Å². The van der Waals surface area contributed by atoms with Crippen LogP contribution in [-0.2, 0) is 9.59 Å². The van der Waals surface area contributed by atoms with E-state index in [1.54, 1.807) is 13.8 Å². The van der Waals surface area contributed by atoms with Gasteiger partial charge in [0.2, 0.25) is 5.91 Å². The van der Waals surface area contributed by atoms with Crippen LogP contribution in [0, 0.1) is 5.92 Å². The normalized spacial score (nSPS) is 17.2. The number of rotatable bonds is 7. The fourth-order valence-corrected chi connectivity index (χ4v) is 2.92. The van der Waals surface area contributed by atoms with Crippen LogP contribution in [0.4, 0.5) is 0 Å². The lowest BCUT2D eigenvalue weighted by molar-refractivity contribution is -0.148. The number of nitrogens with one attached hydrogen (secondary N) is 1. The quantitative estimate of drug-likeness (QED) is 0.746. The molecule has 0 aromatic rings. The number of hydrogen-bond acceptors (Lipinski definition) is 2. The molecule has 110 valence electrons. The Kier molecular flexibility index (Phi) is 6.32. The molecule has 0 heterocycles. The summed E-state index contributed by atoms with van der Waals surface area (Å²) in [4.78, 5) is 23.3. The third-order valence-electron chi connectivity index (χ3n) is 4.50. The van der Waals surface area contributed by atoms with E-state index in [-0.39, 0.29) is 5.91 Å². The topological polar surface area (TPSA) is 66.4 Å². The highest BCUT2D eigenvalue weighted by molar-refractivity contribution is 5.86. The second-order valence-corrected chi connectivity index (χ2v) is 5.69. The van der Waals surface area contributed by atoms with Crippen molar-refractivity contribution in [3.8, 4) is 0 Å². The van der Waals surface area contributed by atoms with Crippen molar-refractivity contribution in [1.82, 2.24) is 5.32 Å². The Morgan fingerprint density at radius 1 is 1.16 bits per heavy atom. The van der Waals surface area contributed by atoms with E-state index in [0.717, 1.165) is 6.42 Å². The van der Waals surface area contributed by atoms with Gasteiger partial charge in [0, 0.05) is 6.42 Å². The number of carboxylic acid groups (broad SMARTS) is 1. The molecule has 0 aromatic carbocycles. The Balaban J connectivity index is 2.42. The Hall–Kier alpha value is -1.06. The van der Waals surface area contributed by atoms with Gasteiger partial charge in [-0.15, -0.1) is 0 Å². The largest absolute Gasteiger partial charge is 0.480 e. The number of hydrogen-bond donors (Lipinski definition) is 2. The van der Waals surface area contributed by atoms with Crippen molar-refractivity contribution < 1.29 is 14.7 Å². The summed E-state index contributed by atoms with van der Waals surface area (Å²) in [5.41, 5.74) is -1.08. The summed E-state index contributed by atoms with van der Waals surface area (Å²) in [6.45, 7) is 3.61. The zero-order valence-electron chi connectivity index (χ0n) is 12.2. The molecule has 0 aromatic heterocycles. The third-order valence-corrected chi connectivity index (χ3v) is 4.50. The molecule has 0 spiro atoms. The number of carboxylic acids is 1. The van der Waals surface area contributed by atoms with Crippen molar-refractivity contribution in [3.63, 3.8) is 0 Å². The van der Waals surface area contributed by atoms with E-state index < -0.39 is 11.5 Å². The van der Waals surface area contributed by atoms with Crippen LogP contribution < -0.4 is 5.32 Å². The average Bonchev–Trinajstić information content (AvgIpc) is 2.43. The summed E-state index contributed by atoms with van der Waals surface area (Å²) >= 11 is 0. The van der Waals surface area contributed by atoms with Gasteiger partial charge < -0.3 is 10.4 Å². The van der Waals surface area contributed by atoms with Gasteiger partial charge in [-0.3, -0.25) is 4.79 Å². The van der Waals surface area contributed by atoms with Crippen LogP contribution in [0.3, 0.4) is 0 Å². The highest BCUT2D eigenvalue weighted by Gasteiger charge is 2.36. The molecule has 1 aliphatic carbocycles. The molecule has 0 bridgehead atoms. The maximum Gasteiger partial charge on any atom is 0.329 e. The van der Waals surface area contributed by atoms with E-state index in [4.69, 9.17) is 0 Å². The van der Waals surface area contributed by atoms with E-state index in [2.05, 4.69) is 5.32 Å². The standard InChI is InChI=1S/C15H27NO3/c1-3-15(4-2,14(18)19)16-13(17)11-10-12-8-6-5-7-9-12/h12H,3-11H2,1-2H3,(H,16,17)(H,18,19). The average molecular weight is 269 g/mol. The minimum absolute atomic E-state index is 0.114. The van der Waals surface area contributed by atoms with Gasteiger partial charge in [-0.2, -0.15) is 0 Å². The molecule has 0 unspecified atom stereocenters. The lowest BCUT2D eigenvalue weighted by Crippen LogP contribution is -2.53. The summed E-state index contributed by atoms with van der Waals surface area (Å²) in [7, 11) is 0. The van der Waals surface area contributed by atoms with Crippen molar-refractivity contribution >= 4 is 11.9 Å². The molecule has 4 nitrogen and oxygen atoms in total. The number of aliphatic carboxylic acids is 1. The molecular formula is C15H27NO3. The van der Waals surface area contributed by atoms with E-state index in [0.29, 0.717) is 25.2 Å². The zero-order chi connectivity index (χ0) is 14.3. The number of carbonyl (C=O) groups excluding carboxylic acids is 1. The first-order valence-electron chi connectivity index (χ1n) is 7.58. The Morgan fingerprint density at radius 2 is 1.74 bits per heavy atom. The number of carbonyl (C=O) groups is 2. The molecule has 2 N–H and O–H groups in total. The predicted molar refractivity (Wildman–Crippen MR) is 74.9 cm³/mol. The summed E-state index contributed by atoms with van der Waals surface area (Å²) in [6, 6.07) is 0. The monoisotopic (exact) mass is 269 g/mol. The van der Waals surface area contributed by atoms with Crippen LogP contribution in [0.5, 0.6) is 0 Å². The van der Waals surface area contributed by atoms with Crippen LogP contribution in [0.25, 0.3) is 0 Å². The SMILES string of the molecule is CCC(CC)(NC(=O)CCC1CCCCC1)C(=O)O. The molecular weight excluding hydrogens is 242 g/mol. The molecule has 0 aliphatic heterocycles. The number of amides is 1. The van der Waals surface area contributed by atoms with E-state index >= 15 is 0 Å². The van der Waals surface area contributed by atoms with Gasteiger partial charge >= 0.3 is 5.97 Å². The highest BCUT2D eigenvalue weighted by Crippen LogP contribution is 2.27. The Labute approximate surface area is 116 Å². The second kappa shape index (κ2) is 7.51. The van der Waals surface area contributed by atoms with Crippen molar-refractivity contribution in [2.75, 3.05) is 0 Å². The molecule has 0 saturated heterocycles. The highest BCUT2D eigenvalue weighted by atomic mass is 16.4. The molecule has 1 fully saturated rings. The Bertz CT molecular complexity index is 305. The molecule has 1 aliphatic rings. The first-order valence-corrected chi connectivity index (χ1v) is 7.58. The van der Waals surface area contributed by atoms with Crippen molar-refractivity contribution in [2.45, 2.75) is 77.2 Å². The maximum absolute atomic E-state index is 11.9. The van der Waals surface area contributed by atoms with Gasteiger partial charge in [0.25, 0.3) is 0 Å². The lowest BCUT2D eigenvalue weighted by Gasteiger charge is -2.28. The molecule has 0 radical (unpaired) electrons. The molecule has 4 heteroatoms. The van der Waals surface area contributed by atoms with Crippen LogP contribution in [0.1, 0.15) is 71.6 Å². The molecule has 19 heavy (non-hydrogen) atoms. The predicted octanol–water partition coefficient (Wildman–Crippen LogP) is 3.11. The van der Waals surface area contributed by atoms with Crippen LogP contribution in [0.2, 0.25) is 0 Å². The lowest BCUT2D eigenvalue weighted by atomic mass is 9.86. The van der Waals surface area contributed by atoms with E-state index in [9.17, 15) is 14.7 Å². The van der Waals surface area contributed by atoms with Gasteiger partial charge in [-0.05, 0) is 25.2 Å². The van der Waals surface area contributed by atoms with Gasteiger partial charge in [0.05, 0.1) is 0 Å². The van der Waals surface area contributed by atoms with Crippen molar-refractivity contribution in [2.24, 2.45) is 5.92 Å². The van der Waals surface area contributed by atoms with Crippen molar-refractivity contribution in [1.29, 1.82) is 0 Å². The smallest absolute Gasteiger partial charge is 0.329 e.